The SMILES string of the molecule is CCC(=O)N1CCC(C(=O)Nc2ccc(Br)cc2)CC1. The molecule has 0 unspecified atom stereocenters. The number of halogens is 1. The maximum absolute atomic E-state index is 12.2. The molecular formula is C15H19BrN2O2. The summed E-state index contributed by atoms with van der Waals surface area (Å²) in [5, 5.41) is 2.93. The number of likely N-dealkylation sites (tertiary alicyclic amines) is 1. The summed E-state index contributed by atoms with van der Waals surface area (Å²) in [6.45, 7) is 3.24. The second kappa shape index (κ2) is 6.88. The number of amides is 2. The summed E-state index contributed by atoms with van der Waals surface area (Å²) in [7, 11) is 0. The second-order valence-corrected chi connectivity index (χ2v) is 5.92. The molecule has 0 aromatic heterocycles. The summed E-state index contributed by atoms with van der Waals surface area (Å²) in [6, 6.07) is 7.55. The van der Waals surface area contributed by atoms with Crippen molar-refractivity contribution in [1.82, 2.24) is 4.90 Å². The van der Waals surface area contributed by atoms with Crippen molar-refractivity contribution >= 4 is 33.4 Å². The zero-order chi connectivity index (χ0) is 14.5. The molecule has 1 aliphatic rings. The Morgan fingerprint density at radius 3 is 2.40 bits per heavy atom. The van der Waals surface area contributed by atoms with E-state index in [9.17, 15) is 9.59 Å². The van der Waals surface area contributed by atoms with E-state index in [1.54, 1.807) is 0 Å². The molecule has 5 heteroatoms. The molecule has 0 radical (unpaired) electrons. The van der Waals surface area contributed by atoms with E-state index in [4.69, 9.17) is 0 Å². The van der Waals surface area contributed by atoms with Crippen molar-refractivity contribution in [2.75, 3.05) is 18.4 Å². The summed E-state index contributed by atoms with van der Waals surface area (Å²) in [4.78, 5) is 25.6. The smallest absolute Gasteiger partial charge is 0.227 e. The molecule has 0 bridgehead atoms. The van der Waals surface area contributed by atoms with Crippen LogP contribution in [0.3, 0.4) is 0 Å². The van der Waals surface area contributed by atoms with E-state index in [0.29, 0.717) is 19.5 Å². The van der Waals surface area contributed by atoms with Crippen LogP contribution in [0.1, 0.15) is 26.2 Å². The zero-order valence-corrected chi connectivity index (χ0v) is 13.1. The van der Waals surface area contributed by atoms with Gasteiger partial charge in [0.1, 0.15) is 0 Å². The third kappa shape index (κ3) is 3.82. The number of rotatable bonds is 3. The lowest BCUT2D eigenvalue weighted by Crippen LogP contribution is -2.41. The van der Waals surface area contributed by atoms with Crippen molar-refractivity contribution in [3.05, 3.63) is 28.7 Å². The molecule has 1 N–H and O–H groups in total. The Morgan fingerprint density at radius 1 is 1.25 bits per heavy atom. The summed E-state index contributed by atoms with van der Waals surface area (Å²) in [6.07, 6.45) is 2.03. The van der Waals surface area contributed by atoms with Crippen LogP contribution in [-0.2, 0) is 9.59 Å². The van der Waals surface area contributed by atoms with Crippen LogP contribution in [-0.4, -0.2) is 29.8 Å². The van der Waals surface area contributed by atoms with Crippen LogP contribution < -0.4 is 5.32 Å². The highest BCUT2D eigenvalue weighted by atomic mass is 79.9. The van der Waals surface area contributed by atoms with Crippen molar-refractivity contribution in [3.63, 3.8) is 0 Å². The lowest BCUT2D eigenvalue weighted by molar-refractivity contribution is -0.134. The highest BCUT2D eigenvalue weighted by Crippen LogP contribution is 2.21. The van der Waals surface area contributed by atoms with Gasteiger partial charge in [0.2, 0.25) is 11.8 Å². The molecule has 0 saturated carbocycles. The topological polar surface area (TPSA) is 49.4 Å². The second-order valence-electron chi connectivity index (χ2n) is 5.00. The monoisotopic (exact) mass is 338 g/mol. The number of hydrogen-bond acceptors (Lipinski definition) is 2. The molecule has 0 spiro atoms. The number of nitrogens with one attached hydrogen (secondary N) is 1. The van der Waals surface area contributed by atoms with Crippen molar-refractivity contribution in [3.8, 4) is 0 Å². The number of anilines is 1. The Bertz CT molecular complexity index is 479. The molecule has 2 rings (SSSR count). The van der Waals surface area contributed by atoms with Gasteiger partial charge >= 0.3 is 0 Å². The van der Waals surface area contributed by atoms with Crippen molar-refractivity contribution in [1.29, 1.82) is 0 Å². The summed E-state index contributed by atoms with van der Waals surface area (Å²) in [5.41, 5.74) is 0.810. The Kier molecular flexibility index (Phi) is 5.17. The van der Waals surface area contributed by atoms with Crippen LogP contribution >= 0.6 is 15.9 Å². The maximum Gasteiger partial charge on any atom is 0.227 e. The van der Waals surface area contributed by atoms with Gasteiger partial charge in [0.05, 0.1) is 0 Å². The molecule has 2 amide bonds. The van der Waals surface area contributed by atoms with Gasteiger partial charge in [-0.05, 0) is 37.1 Å². The Morgan fingerprint density at radius 2 is 1.85 bits per heavy atom. The van der Waals surface area contributed by atoms with E-state index in [0.717, 1.165) is 23.0 Å². The van der Waals surface area contributed by atoms with Gasteiger partial charge in [0, 0.05) is 35.6 Å². The molecule has 0 atom stereocenters. The van der Waals surface area contributed by atoms with E-state index in [2.05, 4.69) is 21.2 Å². The van der Waals surface area contributed by atoms with Crippen LogP contribution in [0.15, 0.2) is 28.7 Å². The molecule has 1 aliphatic heterocycles. The van der Waals surface area contributed by atoms with Crippen molar-refractivity contribution in [2.45, 2.75) is 26.2 Å². The van der Waals surface area contributed by atoms with E-state index in [1.807, 2.05) is 36.1 Å². The van der Waals surface area contributed by atoms with Gasteiger partial charge in [-0.3, -0.25) is 9.59 Å². The largest absolute Gasteiger partial charge is 0.343 e. The fourth-order valence-electron chi connectivity index (χ4n) is 2.39. The molecule has 20 heavy (non-hydrogen) atoms. The number of hydrogen-bond donors (Lipinski definition) is 1. The average Bonchev–Trinajstić information content (AvgIpc) is 2.49. The van der Waals surface area contributed by atoms with Crippen LogP contribution in [0.25, 0.3) is 0 Å². The van der Waals surface area contributed by atoms with Gasteiger partial charge in [-0.25, -0.2) is 0 Å². The Balaban J connectivity index is 1.85. The molecule has 1 fully saturated rings. The molecule has 4 nitrogen and oxygen atoms in total. The fraction of sp³-hybridized carbons (Fsp3) is 0.467. The number of carbonyl (C=O) groups is 2. The fourth-order valence-corrected chi connectivity index (χ4v) is 2.66. The van der Waals surface area contributed by atoms with Gasteiger partial charge in [-0.1, -0.05) is 22.9 Å². The quantitative estimate of drug-likeness (QED) is 0.920. The highest BCUT2D eigenvalue weighted by Gasteiger charge is 2.26. The normalized spacial score (nSPS) is 16.0. The Labute approximate surface area is 127 Å². The summed E-state index contributed by atoms with van der Waals surface area (Å²) >= 11 is 3.37. The van der Waals surface area contributed by atoms with Gasteiger partial charge in [0.15, 0.2) is 0 Å². The average molecular weight is 339 g/mol. The maximum atomic E-state index is 12.2. The van der Waals surface area contributed by atoms with E-state index >= 15 is 0 Å². The zero-order valence-electron chi connectivity index (χ0n) is 11.6. The molecule has 108 valence electrons. The first-order valence-electron chi connectivity index (χ1n) is 6.94. The molecule has 1 aromatic rings. The molecule has 1 saturated heterocycles. The number of carbonyl (C=O) groups excluding carboxylic acids is 2. The number of piperidine rings is 1. The standard InChI is InChI=1S/C15H19BrN2O2/c1-2-14(19)18-9-7-11(8-10-18)15(20)17-13-5-3-12(16)4-6-13/h3-6,11H,2,7-10H2,1H3,(H,17,20). The molecular weight excluding hydrogens is 320 g/mol. The summed E-state index contributed by atoms with van der Waals surface area (Å²) in [5.74, 6) is 0.229. The lowest BCUT2D eigenvalue weighted by atomic mass is 9.95. The van der Waals surface area contributed by atoms with Crippen LogP contribution in [0.5, 0.6) is 0 Å². The van der Waals surface area contributed by atoms with Gasteiger partial charge in [-0.15, -0.1) is 0 Å². The van der Waals surface area contributed by atoms with Crippen LogP contribution in [0.4, 0.5) is 5.69 Å². The van der Waals surface area contributed by atoms with E-state index in [-0.39, 0.29) is 17.7 Å². The first-order chi connectivity index (χ1) is 9.60. The molecule has 0 aliphatic carbocycles. The summed E-state index contributed by atoms with van der Waals surface area (Å²) < 4.78 is 0.988. The van der Waals surface area contributed by atoms with Crippen molar-refractivity contribution in [2.24, 2.45) is 5.92 Å². The predicted molar refractivity (Wildman–Crippen MR) is 82.4 cm³/mol. The van der Waals surface area contributed by atoms with Crippen molar-refractivity contribution < 1.29 is 9.59 Å². The minimum Gasteiger partial charge on any atom is -0.343 e. The van der Waals surface area contributed by atoms with E-state index in [1.165, 1.54) is 0 Å². The third-order valence-corrected chi connectivity index (χ3v) is 4.16. The third-order valence-electron chi connectivity index (χ3n) is 3.63. The first kappa shape index (κ1) is 15.0. The predicted octanol–water partition coefficient (Wildman–Crippen LogP) is 3.04. The minimum absolute atomic E-state index is 0.000414. The lowest BCUT2D eigenvalue weighted by Gasteiger charge is -2.31. The van der Waals surface area contributed by atoms with Gasteiger partial charge < -0.3 is 10.2 Å². The Hall–Kier alpha value is -1.36. The minimum atomic E-state index is -0.000414. The number of nitrogens with zero attached hydrogens (tertiary/aromatic N) is 1. The van der Waals surface area contributed by atoms with Gasteiger partial charge in [-0.2, -0.15) is 0 Å². The highest BCUT2D eigenvalue weighted by molar-refractivity contribution is 9.10. The van der Waals surface area contributed by atoms with Gasteiger partial charge in [0.25, 0.3) is 0 Å². The van der Waals surface area contributed by atoms with Crippen LogP contribution in [0, 0.1) is 5.92 Å². The molecule has 1 heterocycles. The molecule has 1 aromatic carbocycles. The number of benzene rings is 1. The van der Waals surface area contributed by atoms with E-state index < -0.39 is 0 Å². The first-order valence-corrected chi connectivity index (χ1v) is 7.73. The van der Waals surface area contributed by atoms with Crippen LogP contribution in [0.2, 0.25) is 0 Å².